The second-order valence-electron chi connectivity index (χ2n) is 5.98. The number of hydrogen-bond donors (Lipinski definition) is 0. The van der Waals surface area contributed by atoms with Gasteiger partial charge in [-0.15, -0.1) is 0 Å². The van der Waals surface area contributed by atoms with Crippen molar-refractivity contribution in [2.45, 2.75) is 0 Å². The minimum atomic E-state index is -0.303. The van der Waals surface area contributed by atoms with E-state index in [1.807, 2.05) is 18.2 Å². The first-order valence-electron chi connectivity index (χ1n) is 8.41. The van der Waals surface area contributed by atoms with Crippen molar-refractivity contribution in [1.82, 2.24) is 4.98 Å². The Bertz CT molecular complexity index is 903. The predicted octanol–water partition coefficient (Wildman–Crippen LogP) is 4.02. The average Bonchev–Trinajstić information content (AvgIpc) is 3.15. The van der Waals surface area contributed by atoms with E-state index in [1.54, 1.807) is 24.3 Å². The largest absolute Gasteiger partial charge is 0.378 e. The third-order valence-electron chi connectivity index (χ3n) is 4.25. The molecular formula is C20H17FN2O2S. The Balaban J connectivity index is 1.78. The first-order valence-corrected chi connectivity index (χ1v) is 9.23. The molecule has 0 aliphatic carbocycles. The molecule has 3 aromatic rings. The molecule has 0 saturated carbocycles. The van der Waals surface area contributed by atoms with Gasteiger partial charge in [-0.25, -0.2) is 9.37 Å². The lowest BCUT2D eigenvalue weighted by molar-refractivity contribution is 0.103. The molecule has 1 aliphatic rings. The molecule has 0 atom stereocenters. The second-order valence-corrected chi connectivity index (χ2v) is 6.95. The SMILES string of the molecule is O=C(c1ccccc1)c1nc(N2CCOCC2)sc1-c1ccc(F)cc1. The van der Waals surface area contributed by atoms with Gasteiger partial charge < -0.3 is 9.64 Å². The van der Waals surface area contributed by atoms with E-state index in [2.05, 4.69) is 9.88 Å². The normalized spacial score (nSPS) is 14.4. The van der Waals surface area contributed by atoms with Crippen LogP contribution in [0.1, 0.15) is 16.1 Å². The summed E-state index contributed by atoms with van der Waals surface area (Å²) in [6.45, 7) is 2.78. The molecule has 0 unspecified atom stereocenters. The molecule has 2 aromatic carbocycles. The van der Waals surface area contributed by atoms with Gasteiger partial charge in [0.1, 0.15) is 11.5 Å². The molecule has 0 N–H and O–H groups in total. The van der Waals surface area contributed by atoms with Crippen molar-refractivity contribution in [1.29, 1.82) is 0 Å². The third kappa shape index (κ3) is 3.38. The Hall–Kier alpha value is -2.57. The number of hydrogen-bond acceptors (Lipinski definition) is 5. The highest BCUT2D eigenvalue weighted by atomic mass is 32.1. The van der Waals surface area contributed by atoms with Gasteiger partial charge in [0.25, 0.3) is 0 Å². The molecule has 1 fully saturated rings. The van der Waals surface area contributed by atoms with Gasteiger partial charge in [0.05, 0.1) is 18.1 Å². The maximum Gasteiger partial charge on any atom is 0.212 e. The smallest absolute Gasteiger partial charge is 0.212 e. The number of morpholine rings is 1. The van der Waals surface area contributed by atoms with Crippen LogP contribution in [0.4, 0.5) is 9.52 Å². The van der Waals surface area contributed by atoms with Crippen molar-refractivity contribution in [3.05, 3.63) is 71.7 Å². The van der Waals surface area contributed by atoms with E-state index >= 15 is 0 Å². The van der Waals surface area contributed by atoms with Gasteiger partial charge >= 0.3 is 0 Å². The first kappa shape index (κ1) is 16.9. The summed E-state index contributed by atoms with van der Waals surface area (Å²) in [6, 6.07) is 15.3. The number of rotatable bonds is 4. The topological polar surface area (TPSA) is 42.4 Å². The van der Waals surface area contributed by atoms with Crippen molar-refractivity contribution in [2.75, 3.05) is 31.2 Å². The summed E-state index contributed by atoms with van der Waals surface area (Å²) in [7, 11) is 0. The Morgan fingerprint density at radius 3 is 2.42 bits per heavy atom. The lowest BCUT2D eigenvalue weighted by Gasteiger charge is -2.26. The fourth-order valence-corrected chi connectivity index (χ4v) is 4.00. The summed E-state index contributed by atoms with van der Waals surface area (Å²) < 4.78 is 18.7. The zero-order chi connectivity index (χ0) is 17.9. The van der Waals surface area contributed by atoms with Crippen molar-refractivity contribution >= 4 is 22.3 Å². The number of anilines is 1. The van der Waals surface area contributed by atoms with Gasteiger partial charge in [0.2, 0.25) is 5.78 Å². The molecule has 0 amide bonds. The predicted molar refractivity (Wildman–Crippen MR) is 100 cm³/mol. The maximum absolute atomic E-state index is 13.3. The summed E-state index contributed by atoms with van der Waals surface area (Å²) in [5.41, 5.74) is 1.80. The Morgan fingerprint density at radius 1 is 1.04 bits per heavy atom. The zero-order valence-corrected chi connectivity index (χ0v) is 14.8. The maximum atomic E-state index is 13.3. The number of halogens is 1. The fraction of sp³-hybridized carbons (Fsp3) is 0.200. The van der Waals surface area contributed by atoms with E-state index in [0.29, 0.717) is 24.5 Å². The highest BCUT2D eigenvalue weighted by Crippen LogP contribution is 2.36. The number of ketones is 1. The van der Waals surface area contributed by atoms with Crippen molar-refractivity contribution in [2.24, 2.45) is 0 Å². The van der Waals surface area contributed by atoms with E-state index in [1.165, 1.54) is 23.5 Å². The van der Waals surface area contributed by atoms with Crippen LogP contribution in [0.3, 0.4) is 0 Å². The summed E-state index contributed by atoms with van der Waals surface area (Å²) >= 11 is 1.46. The van der Waals surface area contributed by atoms with Crippen LogP contribution in [0, 0.1) is 5.82 Å². The highest BCUT2D eigenvalue weighted by molar-refractivity contribution is 7.19. The van der Waals surface area contributed by atoms with E-state index in [0.717, 1.165) is 28.7 Å². The minimum absolute atomic E-state index is 0.124. The molecular weight excluding hydrogens is 351 g/mol. The number of thiazole rings is 1. The van der Waals surface area contributed by atoms with Crippen molar-refractivity contribution in [3.63, 3.8) is 0 Å². The Kier molecular flexibility index (Phi) is 4.77. The van der Waals surface area contributed by atoms with Gasteiger partial charge in [-0.3, -0.25) is 4.79 Å². The van der Waals surface area contributed by atoms with E-state index in [-0.39, 0.29) is 11.6 Å². The Labute approximate surface area is 154 Å². The molecule has 1 aliphatic heterocycles. The van der Waals surface area contributed by atoms with Crippen molar-refractivity contribution in [3.8, 4) is 10.4 Å². The molecule has 4 rings (SSSR count). The Morgan fingerprint density at radius 2 is 1.73 bits per heavy atom. The molecule has 4 nitrogen and oxygen atoms in total. The van der Waals surface area contributed by atoms with Crippen LogP contribution in [0.5, 0.6) is 0 Å². The van der Waals surface area contributed by atoms with E-state index in [9.17, 15) is 9.18 Å². The van der Waals surface area contributed by atoms with Gasteiger partial charge in [-0.05, 0) is 17.7 Å². The number of carbonyl (C=O) groups is 1. The van der Waals surface area contributed by atoms with Crippen LogP contribution in [0.2, 0.25) is 0 Å². The molecule has 26 heavy (non-hydrogen) atoms. The average molecular weight is 368 g/mol. The molecule has 0 spiro atoms. The number of aromatic nitrogens is 1. The zero-order valence-electron chi connectivity index (χ0n) is 14.0. The molecule has 1 saturated heterocycles. The fourth-order valence-electron chi connectivity index (χ4n) is 2.88. The lowest BCUT2D eigenvalue weighted by Crippen LogP contribution is -2.36. The van der Waals surface area contributed by atoms with Gasteiger partial charge in [-0.2, -0.15) is 0 Å². The van der Waals surface area contributed by atoms with Crippen LogP contribution < -0.4 is 4.90 Å². The molecule has 0 radical (unpaired) electrons. The van der Waals surface area contributed by atoms with Crippen LogP contribution in [-0.4, -0.2) is 37.1 Å². The number of nitrogens with zero attached hydrogens (tertiary/aromatic N) is 2. The quantitative estimate of drug-likeness (QED) is 0.653. The molecule has 1 aromatic heterocycles. The monoisotopic (exact) mass is 368 g/mol. The minimum Gasteiger partial charge on any atom is -0.378 e. The summed E-state index contributed by atoms with van der Waals surface area (Å²) in [4.78, 5) is 20.6. The van der Waals surface area contributed by atoms with E-state index in [4.69, 9.17) is 4.74 Å². The van der Waals surface area contributed by atoms with Gasteiger partial charge in [-0.1, -0.05) is 53.8 Å². The molecule has 2 heterocycles. The second kappa shape index (κ2) is 7.35. The number of carbonyl (C=O) groups excluding carboxylic acids is 1. The summed E-state index contributed by atoms with van der Waals surface area (Å²) in [5, 5.41) is 0.798. The van der Waals surface area contributed by atoms with Crippen molar-refractivity contribution < 1.29 is 13.9 Å². The lowest BCUT2D eigenvalue weighted by atomic mass is 10.0. The molecule has 0 bridgehead atoms. The van der Waals surface area contributed by atoms with Crippen LogP contribution in [0.15, 0.2) is 54.6 Å². The molecule has 6 heteroatoms. The third-order valence-corrected chi connectivity index (χ3v) is 5.42. The van der Waals surface area contributed by atoms with Crippen LogP contribution in [0.25, 0.3) is 10.4 Å². The number of ether oxygens (including phenoxy) is 1. The summed E-state index contributed by atoms with van der Waals surface area (Å²) in [5.74, 6) is -0.428. The van der Waals surface area contributed by atoms with Crippen LogP contribution in [-0.2, 0) is 4.74 Å². The van der Waals surface area contributed by atoms with E-state index < -0.39 is 0 Å². The first-order chi connectivity index (χ1) is 12.7. The number of benzene rings is 2. The van der Waals surface area contributed by atoms with Gasteiger partial charge in [0, 0.05) is 18.7 Å². The standard InChI is InChI=1S/C20H17FN2O2S/c21-16-8-6-15(7-9-16)19-17(18(24)14-4-2-1-3-5-14)22-20(26-19)23-10-12-25-13-11-23/h1-9H,10-13H2. The van der Waals surface area contributed by atoms with Crippen LogP contribution >= 0.6 is 11.3 Å². The summed E-state index contributed by atoms with van der Waals surface area (Å²) in [6.07, 6.45) is 0. The van der Waals surface area contributed by atoms with Gasteiger partial charge in [0.15, 0.2) is 5.13 Å². The molecule has 132 valence electrons. The highest BCUT2D eigenvalue weighted by Gasteiger charge is 2.24.